The summed E-state index contributed by atoms with van der Waals surface area (Å²) in [6.07, 6.45) is -0.0539. The van der Waals surface area contributed by atoms with Gasteiger partial charge in [-0.2, -0.15) is 0 Å². The summed E-state index contributed by atoms with van der Waals surface area (Å²) in [5.74, 6) is 0.766. The summed E-state index contributed by atoms with van der Waals surface area (Å²) >= 11 is 0. The number of fused-ring (bicyclic) bond motifs is 1. The second-order valence-corrected chi connectivity index (χ2v) is 11.1. The van der Waals surface area contributed by atoms with E-state index in [1.807, 2.05) is 42.5 Å². The monoisotopic (exact) mass is 472 g/mol. The number of aromatic nitrogens is 1. The van der Waals surface area contributed by atoms with Gasteiger partial charge in [0.15, 0.2) is 0 Å². The molecule has 1 saturated carbocycles. The fraction of sp³-hybridized carbons (Fsp3) is 0.464. The highest BCUT2D eigenvalue weighted by Crippen LogP contribution is 2.64. The zero-order valence-corrected chi connectivity index (χ0v) is 21.0. The first-order chi connectivity index (χ1) is 15.9. The molecule has 3 aromatic rings. The van der Waals surface area contributed by atoms with Crippen molar-refractivity contribution in [2.24, 2.45) is 5.41 Å². The third-order valence-corrected chi connectivity index (χ3v) is 7.24. The molecule has 4 rings (SSSR count). The number of benzene rings is 2. The van der Waals surface area contributed by atoms with Crippen LogP contribution in [0.4, 0.5) is 5.69 Å². The minimum absolute atomic E-state index is 0. The van der Waals surface area contributed by atoms with Crippen molar-refractivity contribution in [3.63, 3.8) is 0 Å². The summed E-state index contributed by atoms with van der Waals surface area (Å²) in [5.41, 5.74) is 2.91. The van der Waals surface area contributed by atoms with Crippen molar-refractivity contribution in [1.82, 2.24) is 4.57 Å². The van der Waals surface area contributed by atoms with E-state index in [1.54, 1.807) is 7.11 Å². The lowest BCUT2D eigenvalue weighted by molar-refractivity contribution is -0.119. The maximum atomic E-state index is 13.6. The quantitative estimate of drug-likeness (QED) is 0.418. The van der Waals surface area contributed by atoms with Crippen molar-refractivity contribution in [2.75, 3.05) is 19.0 Å². The van der Waals surface area contributed by atoms with Crippen LogP contribution in [0.25, 0.3) is 10.9 Å². The van der Waals surface area contributed by atoms with Crippen LogP contribution in [0.2, 0.25) is 0 Å². The van der Waals surface area contributed by atoms with Crippen LogP contribution in [-0.4, -0.2) is 40.5 Å². The number of carbonyl (C=O) groups excluding carboxylic acids is 1. The highest BCUT2D eigenvalue weighted by atomic mass is 16.5. The molecule has 6 nitrogen and oxygen atoms in total. The second kappa shape index (κ2) is 8.43. The average molecular weight is 473 g/mol. The van der Waals surface area contributed by atoms with E-state index in [2.05, 4.69) is 50.6 Å². The number of hydrogen-bond acceptors (Lipinski definition) is 4. The van der Waals surface area contributed by atoms with E-state index in [1.165, 1.54) is 0 Å². The molecular formula is C28H44N2O4. The van der Waals surface area contributed by atoms with Gasteiger partial charge >= 0.3 is 0 Å². The van der Waals surface area contributed by atoms with Crippen LogP contribution in [0, 0.1) is 5.41 Å². The summed E-state index contributed by atoms with van der Waals surface area (Å²) in [7, 11) is 1.64. The van der Waals surface area contributed by atoms with Gasteiger partial charge in [-0.25, -0.2) is 0 Å². The molecule has 1 aliphatic rings. The fourth-order valence-electron chi connectivity index (χ4n) is 5.18. The summed E-state index contributed by atoms with van der Waals surface area (Å²) in [6.45, 7) is 10.6. The lowest BCUT2D eigenvalue weighted by Gasteiger charge is -2.23. The zero-order valence-electron chi connectivity index (χ0n) is 21.0. The summed E-state index contributed by atoms with van der Waals surface area (Å²) in [6, 6.07) is 15.8. The molecule has 0 radical (unpaired) electrons. The molecule has 0 spiro atoms. The Morgan fingerprint density at radius 3 is 2.35 bits per heavy atom. The first kappa shape index (κ1) is 24.3. The topological polar surface area (TPSA) is 83.7 Å². The third-order valence-electron chi connectivity index (χ3n) is 7.24. The fourth-order valence-corrected chi connectivity index (χ4v) is 5.18. The molecule has 6 heteroatoms. The Bertz CT molecular complexity index is 1220. The predicted molar refractivity (Wildman–Crippen MR) is 144 cm³/mol. The second-order valence-electron chi connectivity index (χ2n) is 11.1. The molecule has 0 bridgehead atoms. The van der Waals surface area contributed by atoms with E-state index in [9.17, 15) is 15.0 Å². The molecule has 34 heavy (non-hydrogen) atoms. The van der Waals surface area contributed by atoms with Gasteiger partial charge in [0.2, 0.25) is 5.91 Å². The minimum Gasteiger partial charge on any atom is -0.497 e. The largest absolute Gasteiger partial charge is 0.497 e. The maximum Gasteiger partial charge on any atom is 0.235 e. The van der Waals surface area contributed by atoms with E-state index < -0.39 is 11.5 Å². The number of nitrogens with zero attached hydrogens (tertiary/aromatic N) is 1. The summed E-state index contributed by atoms with van der Waals surface area (Å²) < 4.78 is 7.35. The van der Waals surface area contributed by atoms with E-state index in [4.69, 9.17) is 4.74 Å². The molecule has 0 aliphatic heterocycles. The highest BCUT2D eigenvalue weighted by molar-refractivity contribution is 6.03. The molecule has 2 atom stereocenters. The number of methoxy groups -OCH3 is 1. The number of rotatable bonds is 7. The molecule has 1 aliphatic carbocycles. The Morgan fingerprint density at radius 2 is 1.82 bits per heavy atom. The molecule has 1 heterocycles. The van der Waals surface area contributed by atoms with E-state index in [-0.39, 0.29) is 29.1 Å². The first-order valence-electron chi connectivity index (χ1n) is 11.8. The molecule has 190 valence electrons. The molecule has 1 aromatic heterocycles. The normalized spacial score (nSPS) is 20.2. The van der Waals surface area contributed by atoms with Crippen LogP contribution in [0.5, 0.6) is 5.75 Å². The number of ether oxygens (including phenoxy) is 1. The van der Waals surface area contributed by atoms with Crippen LogP contribution in [-0.2, 0) is 22.2 Å². The van der Waals surface area contributed by atoms with Crippen molar-refractivity contribution in [1.29, 1.82) is 0 Å². The maximum absolute atomic E-state index is 13.6. The first-order valence-corrected chi connectivity index (χ1v) is 11.8. The Morgan fingerprint density at radius 1 is 1.18 bits per heavy atom. The van der Waals surface area contributed by atoms with Crippen LogP contribution in [0.3, 0.4) is 0 Å². The standard InChI is InChI=1S/C28H36N2O4.4H2/c1-26(2,3)24-14-18-13-20(9-12-23(18)30(24)15-21(32)16-31)29-25(33)28(17-27(28,4)5)19-7-10-22(34-6)11-8-19;;;;/h7-14,21,31-32H,15-17H2,1-6H3,(H,29,33);4*1H/t21-,28?;;;;/m1..../s1. The van der Waals surface area contributed by atoms with Gasteiger partial charge in [-0.15, -0.1) is 0 Å². The Balaban J connectivity index is 0.00000342. The lowest BCUT2D eigenvalue weighted by Crippen LogP contribution is -2.32. The molecule has 2 aromatic carbocycles. The minimum atomic E-state index is -0.836. The van der Waals surface area contributed by atoms with Crippen molar-refractivity contribution in [3.8, 4) is 5.75 Å². The van der Waals surface area contributed by atoms with Gasteiger partial charge < -0.3 is 24.8 Å². The number of amides is 1. The van der Waals surface area contributed by atoms with Crippen LogP contribution < -0.4 is 10.1 Å². The van der Waals surface area contributed by atoms with Crippen LogP contribution >= 0.6 is 0 Å². The molecule has 0 saturated heterocycles. The third kappa shape index (κ3) is 4.10. The number of anilines is 1. The smallest absolute Gasteiger partial charge is 0.235 e. The van der Waals surface area contributed by atoms with Crippen molar-refractivity contribution in [2.45, 2.75) is 64.5 Å². The molecule has 3 N–H and O–H groups in total. The molecule has 1 unspecified atom stereocenters. The lowest BCUT2D eigenvalue weighted by atomic mass is 9.87. The van der Waals surface area contributed by atoms with E-state index in [0.717, 1.165) is 40.0 Å². The number of aliphatic hydroxyl groups is 2. The van der Waals surface area contributed by atoms with Crippen molar-refractivity contribution < 1.29 is 25.5 Å². The van der Waals surface area contributed by atoms with Crippen molar-refractivity contribution in [3.05, 3.63) is 59.8 Å². The van der Waals surface area contributed by atoms with Gasteiger partial charge in [0.1, 0.15) is 5.75 Å². The zero-order chi connectivity index (χ0) is 24.9. The van der Waals surface area contributed by atoms with Crippen LogP contribution in [0.1, 0.15) is 58.0 Å². The molecular weight excluding hydrogens is 428 g/mol. The summed E-state index contributed by atoms with van der Waals surface area (Å²) in [4.78, 5) is 13.6. The Kier molecular flexibility index (Phi) is 6.03. The number of aliphatic hydroxyl groups excluding tert-OH is 2. The highest BCUT2D eigenvalue weighted by Gasteiger charge is 2.67. The average Bonchev–Trinajstić information content (AvgIpc) is 3.20. The predicted octanol–water partition coefficient (Wildman–Crippen LogP) is 5.59. The van der Waals surface area contributed by atoms with Gasteiger partial charge in [-0.05, 0) is 53.8 Å². The summed E-state index contributed by atoms with van der Waals surface area (Å²) in [5, 5.41) is 23.6. The van der Waals surface area contributed by atoms with E-state index in [0.29, 0.717) is 6.54 Å². The van der Waals surface area contributed by atoms with Gasteiger partial charge in [0.05, 0.1) is 31.8 Å². The van der Waals surface area contributed by atoms with Gasteiger partial charge in [0, 0.05) is 33.4 Å². The number of nitrogens with one attached hydrogen (secondary N) is 1. The SMILES string of the molecule is COc1ccc(C2(C(=O)Nc3ccc4c(c3)cc(C(C)(C)C)n4C[C@@H](O)CO)CC2(C)C)cc1.[HH].[HH].[HH].[HH]. The van der Waals surface area contributed by atoms with Gasteiger partial charge in [-0.3, -0.25) is 4.79 Å². The van der Waals surface area contributed by atoms with E-state index >= 15 is 0 Å². The Labute approximate surface area is 207 Å². The van der Waals surface area contributed by atoms with Gasteiger partial charge in [0.25, 0.3) is 0 Å². The Hall–Kier alpha value is -2.83. The molecule has 1 amide bonds. The van der Waals surface area contributed by atoms with Gasteiger partial charge in [-0.1, -0.05) is 46.8 Å². The number of carbonyl (C=O) groups is 1. The van der Waals surface area contributed by atoms with Crippen molar-refractivity contribution >= 4 is 22.5 Å². The molecule has 1 fully saturated rings. The van der Waals surface area contributed by atoms with Crippen LogP contribution in [0.15, 0.2) is 48.5 Å². The number of hydrogen-bond donors (Lipinski definition) is 3.